The summed E-state index contributed by atoms with van der Waals surface area (Å²) in [5.41, 5.74) is 3.30. The van der Waals surface area contributed by atoms with Crippen LogP contribution < -0.4 is 0 Å². The smallest absolute Gasteiger partial charge is 0.310 e. The molecule has 2 unspecified atom stereocenters. The molecule has 0 aliphatic carbocycles. The van der Waals surface area contributed by atoms with Gasteiger partial charge < -0.3 is 5.11 Å². The lowest BCUT2D eigenvalue weighted by Gasteiger charge is -2.28. The predicted molar refractivity (Wildman–Crippen MR) is 85.5 cm³/mol. The minimum absolute atomic E-state index is 0.279. The monoisotopic (exact) mass is 289 g/mol. The van der Waals surface area contributed by atoms with Gasteiger partial charge in [0.05, 0.1) is 5.41 Å². The van der Waals surface area contributed by atoms with Gasteiger partial charge in [0.15, 0.2) is 0 Å². The Labute approximate surface area is 128 Å². The Hall–Kier alpha value is -1.35. The Balaban J connectivity index is 2.18. The average Bonchev–Trinajstić information content (AvgIpc) is 2.83. The van der Waals surface area contributed by atoms with Crippen molar-refractivity contribution in [2.45, 2.75) is 53.0 Å². The Morgan fingerprint density at radius 3 is 2.48 bits per heavy atom. The van der Waals surface area contributed by atoms with E-state index in [9.17, 15) is 9.90 Å². The van der Waals surface area contributed by atoms with Crippen LogP contribution >= 0.6 is 0 Å². The average molecular weight is 289 g/mol. The van der Waals surface area contributed by atoms with Gasteiger partial charge in [0.25, 0.3) is 0 Å². The highest BCUT2D eigenvalue weighted by molar-refractivity contribution is 5.75. The lowest BCUT2D eigenvalue weighted by molar-refractivity contribution is -0.148. The summed E-state index contributed by atoms with van der Waals surface area (Å²) in [5.74, 6) is -0.625. The first-order valence-electron chi connectivity index (χ1n) is 7.93. The lowest BCUT2D eigenvalue weighted by Crippen LogP contribution is -2.35. The number of carbonyl (C=O) groups is 1. The number of carboxylic acid groups (broad SMARTS) is 1. The summed E-state index contributed by atoms with van der Waals surface area (Å²) in [6.45, 7) is 10.0. The van der Waals surface area contributed by atoms with Crippen molar-refractivity contribution in [2.24, 2.45) is 5.41 Å². The number of carboxylic acids is 1. The third-order valence-corrected chi connectivity index (χ3v) is 4.84. The van der Waals surface area contributed by atoms with Crippen LogP contribution in [0.4, 0.5) is 0 Å². The molecule has 1 aliphatic heterocycles. The molecule has 1 aromatic carbocycles. The van der Waals surface area contributed by atoms with E-state index in [2.05, 4.69) is 50.8 Å². The largest absolute Gasteiger partial charge is 0.481 e. The van der Waals surface area contributed by atoms with Crippen molar-refractivity contribution < 1.29 is 9.90 Å². The van der Waals surface area contributed by atoms with Crippen molar-refractivity contribution in [1.82, 2.24) is 4.90 Å². The third-order valence-electron chi connectivity index (χ3n) is 4.84. The highest BCUT2D eigenvalue weighted by Gasteiger charge is 2.45. The molecule has 1 aliphatic rings. The van der Waals surface area contributed by atoms with E-state index in [0.717, 1.165) is 25.8 Å². The molecule has 0 aromatic heterocycles. The Morgan fingerprint density at radius 1 is 1.33 bits per heavy atom. The van der Waals surface area contributed by atoms with Crippen LogP contribution in [0, 0.1) is 19.3 Å². The number of nitrogens with zero attached hydrogens (tertiary/aromatic N) is 1. The molecular formula is C18H27NO2. The molecule has 2 rings (SSSR count). The molecule has 0 amide bonds. The van der Waals surface area contributed by atoms with Crippen molar-refractivity contribution in [3.63, 3.8) is 0 Å². The first kappa shape index (κ1) is 16.0. The number of hydrogen-bond acceptors (Lipinski definition) is 2. The molecule has 0 radical (unpaired) electrons. The molecule has 3 heteroatoms. The van der Waals surface area contributed by atoms with Crippen LogP contribution in [0.1, 0.15) is 55.8 Å². The van der Waals surface area contributed by atoms with Crippen molar-refractivity contribution in [2.75, 3.05) is 13.1 Å². The molecule has 1 saturated heterocycles. The fourth-order valence-electron chi connectivity index (χ4n) is 3.66. The molecule has 116 valence electrons. The van der Waals surface area contributed by atoms with Crippen LogP contribution in [0.25, 0.3) is 0 Å². The van der Waals surface area contributed by atoms with Gasteiger partial charge >= 0.3 is 5.97 Å². The molecule has 1 aromatic rings. The first-order chi connectivity index (χ1) is 9.88. The van der Waals surface area contributed by atoms with Crippen molar-refractivity contribution >= 4 is 5.97 Å². The predicted octanol–water partition coefficient (Wildman–Crippen LogP) is 3.94. The number of likely N-dealkylation sites (tertiary alicyclic amines) is 1. The van der Waals surface area contributed by atoms with Crippen LogP contribution in [-0.2, 0) is 4.79 Å². The van der Waals surface area contributed by atoms with E-state index in [1.165, 1.54) is 16.7 Å². The fraction of sp³-hybridized carbons (Fsp3) is 0.611. The molecule has 2 atom stereocenters. The van der Waals surface area contributed by atoms with Crippen molar-refractivity contribution in [3.8, 4) is 0 Å². The highest BCUT2D eigenvalue weighted by Crippen LogP contribution is 2.39. The Kier molecular flexibility index (Phi) is 4.72. The molecule has 21 heavy (non-hydrogen) atoms. The van der Waals surface area contributed by atoms with Gasteiger partial charge in [-0.1, -0.05) is 42.7 Å². The standard InChI is InChI=1S/C18H27NO2/c1-5-6-18(17(20)21)7-8-19(12-18)15(4)16-10-13(2)9-14(3)11-16/h9-11,15H,5-8,12H2,1-4H3,(H,20,21). The van der Waals surface area contributed by atoms with Crippen LogP contribution in [-0.4, -0.2) is 29.1 Å². The molecular weight excluding hydrogens is 262 g/mol. The maximum atomic E-state index is 11.7. The summed E-state index contributed by atoms with van der Waals surface area (Å²) in [4.78, 5) is 14.0. The minimum Gasteiger partial charge on any atom is -0.481 e. The number of benzene rings is 1. The summed E-state index contributed by atoms with van der Waals surface area (Å²) >= 11 is 0. The quantitative estimate of drug-likeness (QED) is 0.892. The van der Waals surface area contributed by atoms with E-state index in [1.54, 1.807) is 0 Å². The molecule has 1 fully saturated rings. The zero-order valence-electron chi connectivity index (χ0n) is 13.6. The first-order valence-corrected chi connectivity index (χ1v) is 7.93. The molecule has 3 nitrogen and oxygen atoms in total. The number of hydrogen-bond donors (Lipinski definition) is 1. The molecule has 1 heterocycles. The summed E-state index contributed by atoms with van der Waals surface area (Å²) in [7, 11) is 0. The van der Waals surface area contributed by atoms with Gasteiger partial charge in [0.1, 0.15) is 0 Å². The van der Waals surface area contributed by atoms with E-state index < -0.39 is 11.4 Å². The third kappa shape index (κ3) is 3.29. The zero-order valence-corrected chi connectivity index (χ0v) is 13.6. The van der Waals surface area contributed by atoms with E-state index in [1.807, 2.05) is 0 Å². The summed E-state index contributed by atoms with van der Waals surface area (Å²) in [5, 5.41) is 9.63. The van der Waals surface area contributed by atoms with Gasteiger partial charge in [-0.3, -0.25) is 9.69 Å². The normalized spacial score (nSPS) is 24.2. The molecule has 0 bridgehead atoms. The van der Waals surface area contributed by atoms with Gasteiger partial charge in [-0.25, -0.2) is 0 Å². The SMILES string of the molecule is CCCC1(C(=O)O)CCN(C(C)c2cc(C)cc(C)c2)C1. The van der Waals surface area contributed by atoms with Gasteiger partial charge in [-0.15, -0.1) is 0 Å². The summed E-state index contributed by atoms with van der Waals surface area (Å²) in [6.07, 6.45) is 2.47. The maximum absolute atomic E-state index is 11.7. The zero-order chi connectivity index (χ0) is 15.6. The van der Waals surface area contributed by atoms with Gasteiger partial charge in [0, 0.05) is 12.6 Å². The van der Waals surface area contributed by atoms with Gasteiger partial charge in [-0.2, -0.15) is 0 Å². The fourth-order valence-corrected chi connectivity index (χ4v) is 3.66. The van der Waals surface area contributed by atoms with Crippen molar-refractivity contribution in [3.05, 3.63) is 34.9 Å². The van der Waals surface area contributed by atoms with Crippen molar-refractivity contribution in [1.29, 1.82) is 0 Å². The van der Waals surface area contributed by atoms with E-state index in [0.29, 0.717) is 6.54 Å². The van der Waals surface area contributed by atoms with Crippen LogP contribution in [0.2, 0.25) is 0 Å². The molecule has 0 spiro atoms. The van der Waals surface area contributed by atoms with Gasteiger partial charge in [-0.05, 0) is 45.7 Å². The number of aryl methyl sites for hydroxylation is 2. The number of aliphatic carboxylic acids is 1. The highest BCUT2D eigenvalue weighted by atomic mass is 16.4. The Bertz CT molecular complexity index is 506. The minimum atomic E-state index is -0.625. The molecule has 1 N–H and O–H groups in total. The summed E-state index contributed by atoms with van der Waals surface area (Å²) in [6, 6.07) is 6.90. The molecule has 0 saturated carbocycles. The van der Waals surface area contributed by atoms with Crippen LogP contribution in [0.5, 0.6) is 0 Å². The number of rotatable bonds is 5. The summed E-state index contributed by atoms with van der Waals surface area (Å²) < 4.78 is 0. The second-order valence-electron chi connectivity index (χ2n) is 6.65. The second-order valence-corrected chi connectivity index (χ2v) is 6.65. The van der Waals surface area contributed by atoms with E-state index >= 15 is 0 Å². The topological polar surface area (TPSA) is 40.5 Å². The van der Waals surface area contributed by atoms with Crippen LogP contribution in [0.3, 0.4) is 0 Å². The van der Waals surface area contributed by atoms with E-state index in [4.69, 9.17) is 0 Å². The maximum Gasteiger partial charge on any atom is 0.310 e. The van der Waals surface area contributed by atoms with Crippen LogP contribution in [0.15, 0.2) is 18.2 Å². The second kappa shape index (κ2) is 6.18. The lowest BCUT2D eigenvalue weighted by atomic mass is 9.82. The van der Waals surface area contributed by atoms with E-state index in [-0.39, 0.29) is 6.04 Å². The van der Waals surface area contributed by atoms with Gasteiger partial charge in [0.2, 0.25) is 0 Å². The Morgan fingerprint density at radius 2 is 1.95 bits per heavy atom.